The van der Waals surface area contributed by atoms with Gasteiger partial charge in [0.2, 0.25) is 0 Å². The van der Waals surface area contributed by atoms with Gasteiger partial charge in [0.25, 0.3) is 0 Å². The average Bonchev–Trinajstić information content (AvgIpc) is 1.96. The predicted octanol–water partition coefficient (Wildman–Crippen LogP) is 1.81. The molecule has 1 aromatic carbocycles. The molecule has 1 aromatic rings. The number of rotatable bonds is 2. The molecule has 0 saturated carbocycles. The molecule has 3 N–H and O–H groups in total. The largest absolute Gasteiger partial charge is 0.378 e. The predicted molar refractivity (Wildman–Crippen MR) is 50.4 cm³/mol. The summed E-state index contributed by atoms with van der Waals surface area (Å²) >= 11 is 11.4. The van der Waals surface area contributed by atoms with Crippen molar-refractivity contribution in [2.75, 3.05) is 0 Å². The summed E-state index contributed by atoms with van der Waals surface area (Å²) in [4.78, 5) is 0. The molecule has 2 nitrogen and oxygen atoms in total. The van der Waals surface area contributed by atoms with E-state index in [0.717, 1.165) is 5.56 Å². The van der Waals surface area contributed by atoms with Gasteiger partial charge in [0, 0.05) is 6.42 Å². The van der Waals surface area contributed by atoms with E-state index in [1.54, 1.807) is 18.2 Å². The third kappa shape index (κ3) is 2.64. The highest BCUT2D eigenvalue weighted by Gasteiger charge is 2.02. The van der Waals surface area contributed by atoms with E-state index in [1.807, 2.05) is 0 Å². The summed E-state index contributed by atoms with van der Waals surface area (Å²) in [6.45, 7) is 0. The Bertz CT molecular complexity index is 276. The average molecular weight is 206 g/mol. The zero-order valence-corrected chi connectivity index (χ0v) is 7.81. The van der Waals surface area contributed by atoms with Gasteiger partial charge in [-0.3, -0.25) is 0 Å². The van der Waals surface area contributed by atoms with Crippen LogP contribution in [-0.4, -0.2) is 11.3 Å². The molecule has 0 bridgehead atoms. The molecule has 0 amide bonds. The van der Waals surface area contributed by atoms with Crippen molar-refractivity contribution in [2.24, 2.45) is 5.73 Å². The van der Waals surface area contributed by atoms with Gasteiger partial charge in [0.1, 0.15) is 6.23 Å². The molecule has 0 aromatic heterocycles. The van der Waals surface area contributed by atoms with Crippen LogP contribution in [0.2, 0.25) is 10.0 Å². The first-order valence-electron chi connectivity index (χ1n) is 3.47. The normalized spacial score (nSPS) is 13.0. The van der Waals surface area contributed by atoms with E-state index in [-0.39, 0.29) is 0 Å². The summed E-state index contributed by atoms with van der Waals surface area (Å²) in [6, 6.07) is 5.16. The fourth-order valence-electron chi connectivity index (χ4n) is 0.908. The van der Waals surface area contributed by atoms with Gasteiger partial charge in [0.15, 0.2) is 0 Å². The smallest absolute Gasteiger partial charge is 0.106 e. The van der Waals surface area contributed by atoms with Crippen LogP contribution in [0.25, 0.3) is 0 Å². The highest BCUT2D eigenvalue weighted by Crippen LogP contribution is 2.22. The molecule has 1 rings (SSSR count). The van der Waals surface area contributed by atoms with E-state index in [2.05, 4.69) is 0 Å². The van der Waals surface area contributed by atoms with E-state index in [1.165, 1.54) is 0 Å². The lowest BCUT2D eigenvalue weighted by molar-refractivity contribution is 0.183. The first-order valence-corrected chi connectivity index (χ1v) is 4.23. The van der Waals surface area contributed by atoms with E-state index >= 15 is 0 Å². The van der Waals surface area contributed by atoms with Crippen LogP contribution in [0.3, 0.4) is 0 Å². The Morgan fingerprint density at radius 3 is 2.50 bits per heavy atom. The van der Waals surface area contributed by atoms with Crippen molar-refractivity contribution < 1.29 is 5.11 Å². The second-order valence-electron chi connectivity index (χ2n) is 2.52. The number of hydrogen-bond acceptors (Lipinski definition) is 2. The van der Waals surface area contributed by atoms with Crippen LogP contribution >= 0.6 is 23.2 Å². The van der Waals surface area contributed by atoms with E-state index in [9.17, 15) is 0 Å². The third-order valence-electron chi connectivity index (χ3n) is 1.43. The van der Waals surface area contributed by atoms with Gasteiger partial charge in [-0.05, 0) is 17.7 Å². The van der Waals surface area contributed by atoms with Gasteiger partial charge in [0.05, 0.1) is 10.0 Å². The standard InChI is InChI=1S/C8H9Cl2NO/c9-6-2-1-5(3-7(6)10)4-8(11)12/h1-3,8,12H,4,11H2. The molecular weight excluding hydrogens is 197 g/mol. The zero-order chi connectivity index (χ0) is 9.14. The molecule has 1 unspecified atom stereocenters. The van der Waals surface area contributed by atoms with Crippen LogP contribution in [0.15, 0.2) is 18.2 Å². The van der Waals surface area contributed by atoms with E-state index in [0.29, 0.717) is 16.5 Å². The van der Waals surface area contributed by atoms with Gasteiger partial charge < -0.3 is 10.8 Å². The van der Waals surface area contributed by atoms with Crippen LogP contribution in [0.5, 0.6) is 0 Å². The topological polar surface area (TPSA) is 46.2 Å². The Morgan fingerprint density at radius 2 is 2.00 bits per heavy atom. The lowest BCUT2D eigenvalue weighted by Crippen LogP contribution is -2.21. The van der Waals surface area contributed by atoms with Gasteiger partial charge in [-0.2, -0.15) is 0 Å². The summed E-state index contributed by atoms with van der Waals surface area (Å²) in [5, 5.41) is 9.86. The Morgan fingerprint density at radius 1 is 1.33 bits per heavy atom. The fourth-order valence-corrected chi connectivity index (χ4v) is 1.23. The summed E-state index contributed by atoms with van der Waals surface area (Å²) in [7, 11) is 0. The van der Waals surface area contributed by atoms with Crippen molar-refractivity contribution in [1.82, 2.24) is 0 Å². The number of halogens is 2. The fraction of sp³-hybridized carbons (Fsp3) is 0.250. The number of aliphatic hydroxyl groups excluding tert-OH is 1. The van der Waals surface area contributed by atoms with Crippen molar-refractivity contribution in [3.8, 4) is 0 Å². The molecule has 0 saturated heterocycles. The van der Waals surface area contributed by atoms with Crippen LogP contribution < -0.4 is 5.73 Å². The lowest BCUT2D eigenvalue weighted by Gasteiger charge is -2.04. The molecule has 4 heteroatoms. The minimum Gasteiger partial charge on any atom is -0.378 e. The van der Waals surface area contributed by atoms with Crippen LogP contribution in [0.1, 0.15) is 5.56 Å². The number of aliphatic hydroxyl groups is 1. The summed E-state index contributed by atoms with van der Waals surface area (Å²) in [6.07, 6.45) is -0.459. The molecule has 0 spiro atoms. The number of hydrogen-bond donors (Lipinski definition) is 2. The molecule has 0 aliphatic heterocycles. The van der Waals surface area contributed by atoms with Crippen molar-refractivity contribution >= 4 is 23.2 Å². The first-order chi connectivity index (χ1) is 5.59. The molecular formula is C8H9Cl2NO. The minimum absolute atomic E-state index is 0.386. The van der Waals surface area contributed by atoms with Gasteiger partial charge >= 0.3 is 0 Å². The summed E-state index contributed by atoms with van der Waals surface area (Å²) in [5.74, 6) is 0. The molecule has 0 radical (unpaired) electrons. The Labute approximate surface area is 80.9 Å². The van der Waals surface area contributed by atoms with Crippen LogP contribution in [0.4, 0.5) is 0 Å². The lowest BCUT2D eigenvalue weighted by atomic mass is 10.1. The van der Waals surface area contributed by atoms with Crippen LogP contribution in [-0.2, 0) is 6.42 Å². The second kappa shape index (κ2) is 4.10. The maximum absolute atomic E-state index is 8.87. The molecule has 1 atom stereocenters. The zero-order valence-electron chi connectivity index (χ0n) is 6.30. The van der Waals surface area contributed by atoms with Crippen molar-refractivity contribution in [1.29, 1.82) is 0 Å². The van der Waals surface area contributed by atoms with E-state index in [4.69, 9.17) is 34.0 Å². The quantitative estimate of drug-likeness (QED) is 0.725. The van der Waals surface area contributed by atoms with Crippen LogP contribution in [0, 0.1) is 0 Å². The Kier molecular flexibility index (Phi) is 3.35. The Hall–Kier alpha value is -0.280. The summed E-state index contributed by atoms with van der Waals surface area (Å²) < 4.78 is 0. The van der Waals surface area contributed by atoms with Crippen molar-refractivity contribution in [2.45, 2.75) is 12.6 Å². The van der Waals surface area contributed by atoms with Gasteiger partial charge in [-0.15, -0.1) is 0 Å². The third-order valence-corrected chi connectivity index (χ3v) is 2.17. The molecule has 0 fully saturated rings. The van der Waals surface area contributed by atoms with Gasteiger partial charge in [-0.25, -0.2) is 0 Å². The Balaban J connectivity index is 2.82. The molecule has 12 heavy (non-hydrogen) atoms. The summed E-state index contributed by atoms with van der Waals surface area (Å²) in [5.41, 5.74) is 6.07. The minimum atomic E-state index is -0.845. The first kappa shape index (κ1) is 9.81. The van der Waals surface area contributed by atoms with Gasteiger partial charge in [-0.1, -0.05) is 29.3 Å². The highest BCUT2D eigenvalue weighted by atomic mass is 35.5. The molecule has 0 aliphatic carbocycles. The van der Waals surface area contributed by atoms with Crippen molar-refractivity contribution in [3.63, 3.8) is 0 Å². The maximum atomic E-state index is 8.87. The highest BCUT2D eigenvalue weighted by molar-refractivity contribution is 6.42. The monoisotopic (exact) mass is 205 g/mol. The van der Waals surface area contributed by atoms with Crippen molar-refractivity contribution in [3.05, 3.63) is 33.8 Å². The SMILES string of the molecule is NC(O)Cc1ccc(Cl)c(Cl)c1. The molecule has 66 valence electrons. The number of nitrogens with two attached hydrogens (primary N) is 1. The second-order valence-corrected chi connectivity index (χ2v) is 3.33. The molecule has 0 heterocycles. The number of benzene rings is 1. The molecule has 0 aliphatic rings. The maximum Gasteiger partial charge on any atom is 0.106 e. The van der Waals surface area contributed by atoms with E-state index < -0.39 is 6.23 Å².